The standard InChI is InChI=1S/C23H22N2O7/c26-18(27)9-5-2-6-14-24-20(15-10-12-17(13-11-15)25(31)32)19(22(29)23(24)30)21(28)16-7-3-1-4-8-16/h1,3-4,7-8,10-13,20,28H,2,5-6,9,14H2,(H,26,27)/b21-19+. The number of Topliss-reactive ketones (excluding diaryl/α,β-unsaturated/α-hetero) is 1. The van der Waals surface area contributed by atoms with Gasteiger partial charge in [-0.05, 0) is 30.5 Å². The average molecular weight is 438 g/mol. The number of aliphatic carboxylic acids is 1. The van der Waals surface area contributed by atoms with E-state index in [2.05, 4.69) is 0 Å². The van der Waals surface area contributed by atoms with E-state index >= 15 is 0 Å². The number of likely N-dealkylation sites (tertiary alicyclic amines) is 1. The fourth-order valence-electron chi connectivity index (χ4n) is 3.72. The molecule has 0 saturated carbocycles. The number of amides is 1. The van der Waals surface area contributed by atoms with Crippen molar-refractivity contribution in [1.29, 1.82) is 0 Å². The van der Waals surface area contributed by atoms with E-state index < -0.39 is 28.6 Å². The maximum atomic E-state index is 12.9. The molecule has 1 amide bonds. The van der Waals surface area contributed by atoms with Crippen LogP contribution in [-0.2, 0) is 14.4 Å². The van der Waals surface area contributed by atoms with Crippen LogP contribution in [-0.4, -0.2) is 44.2 Å². The zero-order valence-electron chi connectivity index (χ0n) is 17.1. The third kappa shape index (κ3) is 4.83. The number of carbonyl (C=O) groups is 3. The van der Waals surface area contributed by atoms with Gasteiger partial charge in [-0.15, -0.1) is 0 Å². The van der Waals surface area contributed by atoms with Crippen LogP contribution in [0.3, 0.4) is 0 Å². The van der Waals surface area contributed by atoms with Crippen LogP contribution in [0.2, 0.25) is 0 Å². The van der Waals surface area contributed by atoms with Crippen molar-refractivity contribution in [1.82, 2.24) is 4.90 Å². The second-order valence-corrected chi connectivity index (χ2v) is 7.41. The molecule has 3 rings (SSSR count). The van der Waals surface area contributed by atoms with Crippen LogP contribution in [0.5, 0.6) is 0 Å². The van der Waals surface area contributed by atoms with Gasteiger partial charge in [-0.3, -0.25) is 24.5 Å². The summed E-state index contributed by atoms with van der Waals surface area (Å²) in [5, 5.41) is 30.7. The molecule has 9 nitrogen and oxygen atoms in total. The molecule has 166 valence electrons. The highest BCUT2D eigenvalue weighted by atomic mass is 16.6. The Labute approximate surface area is 183 Å². The van der Waals surface area contributed by atoms with Gasteiger partial charge >= 0.3 is 5.97 Å². The number of unbranched alkanes of at least 4 members (excludes halogenated alkanes) is 2. The lowest BCUT2D eigenvalue weighted by atomic mass is 9.95. The molecular weight excluding hydrogens is 416 g/mol. The Kier molecular flexibility index (Phi) is 6.99. The lowest BCUT2D eigenvalue weighted by molar-refractivity contribution is -0.384. The van der Waals surface area contributed by atoms with E-state index in [0.29, 0.717) is 30.4 Å². The first-order chi connectivity index (χ1) is 15.3. The molecule has 0 bridgehead atoms. The Morgan fingerprint density at radius 1 is 0.969 bits per heavy atom. The lowest BCUT2D eigenvalue weighted by Gasteiger charge is -2.25. The number of hydrogen-bond donors (Lipinski definition) is 2. The molecule has 1 saturated heterocycles. The van der Waals surface area contributed by atoms with Gasteiger partial charge in [-0.1, -0.05) is 36.8 Å². The highest BCUT2D eigenvalue weighted by Gasteiger charge is 2.45. The number of nitro benzene ring substituents is 1. The Morgan fingerprint density at radius 2 is 1.62 bits per heavy atom. The number of carboxylic acids is 1. The van der Waals surface area contributed by atoms with Crippen molar-refractivity contribution in [3.63, 3.8) is 0 Å². The summed E-state index contributed by atoms with van der Waals surface area (Å²) >= 11 is 0. The zero-order valence-corrected chi connectivity index (χ0v) is 17.1. The third-order valence-electron chi connectivity index (χ3n) is 5.30. The number of nitrogens with zero attached hydrogens (tertiary/aromatic N) is 2. The topological polar surface area (TPSA) is 138 Å². The average Bonchev–Trinajstić information content (AvgIpc) is 3.03. The van der Waals surface area contributed by atoms with Crippen molar-refractivity contribution in [3.05, 3.63) is 81.4 Å². The van der Waals surface area contributed by atoms with Gasteiger partial charge in [0.05, 0.1) is 16.5 Å². The first kappa shape index (κ1) is 22.7. The minimum absolute atomic E-state index is 0.0125. The molecular formula is C23H22N2O7. The number of benzene rings is 2. The Morgan fingerprint density at radius 3 is 2.22 bits per heavy atom. The number of carboxylic acid groups (broad SMARTS) is 1. The second kappa shape index (κ2) is 9.86. The van der Waals surface area contributed by atoms with Crippen molar-refractivity contribution >= 4 is 29.1 Å². The number of hydrogen-bond acceptors (Lipinski definition) is 6. The minimum Gasteiger partial charge on any atom is -0.507 e. The summed E-state index contributed by atoms with van der Waals surface area (Å²) in [4.78, 5) is 48.2. The quantitative estimate of drug-likeness (QED) is 0.152. The molecule has 9 heteroatoms. The maximum Gasteiger partial charge on any atom is 0.303 e. The van der Waals surface area contributed by atoms with Crippen LogP contribution in [0.4, 0.5) is 5.69 Å². The van der Waals surface area contributed by atoms with E-state index in [0.717, 1.165) is 0 Å². The molecule has 1 fully saturated rings. The lowest BCUT2D eigenvalue weighted by Crippen LogP contribution is -2.30. The summed E-state index contributed by atoms with van der Waals surface area (Å²) in [6, 6.07) is 12.9. The van der Waals surface area contributed by atoms with Crippen molar-refractivity contribution in [2.45, 2.75) is 31.7 Å². The van der Waals surface area contributed by atoms with E-state index in [-0.39, 0.29) is 30.0 Å². The van der Waals surface area contributed by atoms with E-state index in [9.17, 15) is 29.6 Å². The normalized spacial score (nSPS) is 17.5. The number of ketones is 1. The molecule has 0 radical (unpaired) electrons. The Hall–Kier alpha value is -4.01. The molecule has 1 unspecified atom stereocenters. The summed E-state index contributed by atoms with van der Waals surface area (Å²) in [6.07, 6.45) is 1.46. The first-order valence-electron chi connectivity index (χ1n) is 10.1. The van der Waals surface area contributed by atoms with Crippen molar-refractivity contribution in [2.24, 2.45) is 0 Å². The van der Waals surface area contributed by atoms with Gasteiger partial charge < -0.3 is 15.1 Å². The number of nitro groups is 1. The van der Waals surface area contributed by atoms with Crippen molar-refractivity contribution in [3.8, 4) is 0 Å². The van der Waals surface area contributed by atoms with E-state index in [1.807, 2.05) is 0 Å². The van der Waals surface area contributed by atoms with Crippen LogP contribution >= 0.6 is 0 Å². The predicted molar refractivity (Wildman–Crippen MR) is 115 cm³/mol. The number of non-ortho nitro benzene ring substituents is 1. The summed E-state index contributed by atoms with van der Waals surface area (Å²) in [6.45, 7) is 0.178. The molecule has 32 heavy (non-hydrogen) atoms. The third-order valence-corrected chi connectivity index (χ3v) is 5.30. The van der Waals surface area contributed by atoms with Crippen molar-refractivity contribution < 1.29 is 29.5 Å². The van der Waals surface area contributed by atoms with Gasteiger partial charge in [0.1, 0.15) is 5.76 Å². The summed E-state index contributed by atoms with van der Waals surface area (Å²) in [7, 11) is 0. The zero-order chi connectivity index (χ0) is 23.3. The van der Waals surface area contributed by atoms with Gasteiger partial charge in [-0.25, -0.2) is 0 Å². The van der Waals surface area contributed by atoms with Crippen LogP contribution in [0.1, 0.15) is 42.9 Å². The van der Waals surface area contributed by atoms with Gasteiger partial charge in [0.25, 0.3) is 17.4 Å². The summed E-state index contributed by atoms with van der Waals surface area (Å²) in [5.74, 6) is -2.83. The second-order valence-electron chi connectivity index (χ2n) is 7.41. The molecule has 1 aliphatic heterocycles. The van der Waals surface area contributed by atoms with Gasteiger partial charge in [0.2, 0.25) is 0 Å². The molecule has 0 aromatic heterocycles. The minimum atomic E-state index is -0.907. The van der Waals surface area contributed by atoms with Gasteiger partial charge in [0, 0.05) is 30.7 Å². The highest BCUT2D eigenvalue weighted by Crippen LogP contribution is 2.39. The first-order valence-corrected chi connectivity index (χ1v) is 10.1. The number of carbonyl (C=O) groups excluding carboxylic acids is 2. The molecule has 2 aromatic rings. The summed E-state index contributed by atoms with van der Waals surface area (Å²) in [5.41, 5.74) is 0.611. The van der Waals surface area contributed by atoms with E-state index in [4.69, 9.17) is 5.11 Å². The predicted octanol–water partition coefficient (Wildman–Crippen LogP) is 3.66. The largest absolute Gasteiger partial charge is 0.507 e. The molecule has 0 spiro atoms. The highest BCUT2D eigenvalue weighted by molar-refractivity contribution is 6.46. The number of aliphatic hydroxyl groups is 1. The molecule has 0 aliphatic carbocycles. The van der Waals surface area contributed by atoms with E-state index in [1.165, 1.54) is 29.2 Å². The van der Waals surface area contributed by atoms with Crippen LogP contribution in [0, 0.1) is 10.1 Å². The fraction of sp³-hybridized carbons (Fsp3) is 0.261. The van der Waals surface area contributed by atoms with Gasteiger partial charge in [-0.2, -0.15) is 0 Å². The van der Waals surface area contributed by atoms with Crippen LogP contribution < -0.4 is 0 Å². The SMILES string of the molecule is O=C(O)CCCCCN1C(=O)C(=O)/C(=C(/O)c2ccccc2)C1c1ccc([N+](=O)[O-])cc1. The number of aliphatic hydroxyl groups excluding tert-OH is 1. The van der Waals surface area contributed by atoms with Crippen molar-refractivity contribution in [2.75, 3.05) is 6.54 Å². The maximum absolute atomic E-state index is 12.9. The van der Waals surface area contributed by atoms with Gasteiger partial charge in [0.15, 0.2) is 0 Å². The Balaban J connectivity index is 1.98. The van der Waals surface area contributed by atoms with E-state index in [1.54, 1.807) is 30.3 Å². The van der Waals surface area contributed by atoms with Crippen LogP contribution in [0.15, 0.2) is 60.2 Å². The molecule has 2 N–H and O–H groups in total. The molecule has 1 atom stereocenters. The fourth-order valence-corrected chi connectivity index (χ4v) is 3.72. The Bertz CT molecular complexity index is 1060. The monoisotopic (exact) mass is 438 g/mol. The number of rotatable bonds is 9. The molecule has 1 heterocycles. The molecule has 2 aromatic carbocycles. The smallest absolute Gasteiger partial charge is 0.303 e. The van der Waals surface area contributed by atoms with Crippen LogP contribution in [0.25, 0.3) is 5.76 Å². The summed E-state index contributed by atoms with van der Waals surface area (Å²) < 4.78 is 0. The molecule has 1 aliphatic rings.